The van der Waals surface area contributed by atoms with Gasteiger partial charge in [0, 0.05) is 12.1 Å². The second kappa shape index (κ2) is 9.69. The molecular formula is C27H29N3O2. The Bertz CT molecular complexity index is 1220. The van der Waals surface area contributed by atoms with E-state index in [4.69, 9.17) is 9.72 Å². The predicted octanol–water partition coefficient (Wildman–Crippen LogP) is 5.36. The number of ether oxygens (including phenoxy) is 1. The van der Waals surface area contributed by atoms with Crippen LogP contribution in [0.3, 0.4) is 0 Å². The second-order valence-corrected chi connectivity index (χ2v) is 8.19. The first-order valence-electron chi connectivity index (χ1n) is 11.0. The van der Waals surface area contributed by atoms with Crippen LogP contribution < -0.4 is 10.1 Å². The topological polar surface area (TPSA) is 56.1 Å². The fraction of sp³-hybridized carbons (Fsp3) is 0.259. The van der Waals surface area contributed by atoms with Crippen LogP contribution in [0.1, 0.15) is 39.3 Å². The lowest BCUT2D eigenvalue weighted by molar-refractivity contribution is 0.0949. The molecule has 4 aromatic rings. The summed E-state index contributed by atoms with van der Waals surface area (Å²) in [5.74, 6) is 1.67. The van der Waals surface area contributed by atoms with E-state index in [0.29, 0.717) is 18.7 Å². The predicted molar refractivity (Wildman–Crippen MR) is 128 cm³/mol. The van der Waals surface area contributed by atoms with E-state index in [1.54, 1.807) is 0 Å². The number of para-hydroxylation sites is 2. The van der Waals surface area contributed by atoms with Crippen molar-refractivity contribution in [3.05, 3.63) is 94.8 Å². The summed E-state index contributed by atoms with van der Waals surface area (Å²) in [6.07, 6.45) is 0.839. The number of rotatable bonds is 8. The molecule has 0 atom stereocenters. The standard InChI is InChI=1S/C27H29N3O2/c1-19-15-20(2)17-22(16-19)32-14-8-13-30-25-12-7-6-11-24(25)29-26(30)18-28-27(31)23-10-5-4-9-21(23)3/h4-7,9-12,15-17H,8,13-14,18H2,1-3H3,(H,28,31). The number of amides is 1. The molecule has 0 fully saturated rings. The summed E-state index contributed by atoms with van der Waals surface area (Å²) >= 11 is 0. The number of imidazole rings is 1. The van der Waals surface area contributed by atoms with Crippen molar-refractivity contribution >= 4 is 16.9 Å². The van der Waals surface area contributed by atoms with E-state index < -0.39 is 0 Å². The van der Waals surface area contributed by atoms with Crippen molar-refractivity contribution in [2.24, 2.45) is 0 Å². The van der Waals surface area contributed by atoms with Crippen molar-refractivity contribution in [2.45, 2.75) is 40.3 Å². The Morgan fingerprint density at radius 1 is 0.969 bits per heavy atom. The summed E-state index contributed by atoms with van der Waals surface area (Å²) < 4.78 is 8.16. The number of benzene rings is 3. The summed E-state index contributed by atoms with van der Waals surface area (Å²) in [6, 6.07) is 21.9. The van der Waals surface area contributed by atoms with Crippen molar-refractivity contribution < 1.29 is 9.53 Å². The zero-order valence-corrected chi connectivity index (χ0v) is 18.9. The quantitative estimate of drug-likeness (QED) is 0.385. The summed E-state index contributed by atoms with van der Waals surface area (Å²) in [5.41, 5.74) is 6.06. The van der Waals surface area contributed by atoms with E-state index >= 15 is 0 Å². The number of carbonyl (C=O) groups is 1. The van der Waals surface area contributed by atoms with Gasteiger partial charge in [0.2, 0.25) is 0 Å². The lowest BCUT2D eigenvalue weighted by Gasteiger charge is -2.12. The lowest BCUT2D eigenvalue weighted by atomic mass is 10.1. The molecule has 0 aliphatic carbocycles. The molecule has 0 spiro atoms. The normalized spacial score (nSPS) is 11.0. The third-order valence-corrected chi connectivity index (χ3v) is 5.52. The van der Waals surface area contributed by atoms with Gasteiger partial charge >= 0.3 is 0 Å². The third-order valence-electron chi connectivity index (χ3n) is 5.52. The van der Waals surface area contributed by atoms with Gasteiger partial charge in [0.25, 0.3) is 5.91 Å². The Labute approximate surface area is 189 Å². The Morgan fingerprint density at radius 2 is 1.69 bits per heavy atom. The highest BCUT2D eigenvalue weighted by Crippen LogP contribution is 2.19. The van der Waals surface area contributed by atoms with Crippen LogP contribution in [0.5, 0.6) is 5.75 Å². The molecule has 32 heavy (non-hydrogen) atoms. The third kappa shape index (κ3) is 4.99. The van der Waals surface area contributed by atoms with Gasteiger partial charge in [-0.05, 0) is 74.2 Å². The smallest absolute Gasteiger partial charge is 0.251 e. The van der Waals surface area contributed by atoms with E-state index in [1.165, 1.54) is 11.1 Å². The lowest BCUT2D eigenvalue weighted by Crippen LogP contribution is -2.25. The van der Waals surface area contributed by atoms with Crippen LogP contribution >= 0.6 is 0 Å². The molecule has 4 rings (SSSR count). The van der Waals surface area contributed by atoms with Crippen LogP contribution in [0.15, 0.2) is 66.7 Å². The molecular weight excluding hydrogens is 398 g/mol. The largest absolute Gasteiger partial charge is 0.494 e. The molecule has 0 unspecified atom stereocenters. The number of aryl methyl sites for hydroxylation is 4. The maximum atomic E-state index is 12.7. The van der Waals surface area contributed by atoms with E-state index in [2.05, 4.69) is 48.0 Å². The molecule has 0 radical (unpaired) electrons. The molecule has 0 saturated heterocycles. The number of hydrogen-bond donors (Lipinski definition) is 1. The number of fused-ring (bicyclic) bond motifs is 1. The second-order valence-electron chi connectivity index (χ2n) is 8.19. The first kappa shape index (κ1) is 21.6. The van der Waals surface area contributed by atoms with E-state index in [-0.39, 0.29) is 5.91 Å². The summed E-state index contributed by atoms with van der Waals surface area (Å²) in [7, 11) is 0. The van der Waals surface area contributed by atoms with Crippen LogP contribution in [0.4, 0.5) is 0 Å². The zero-order valence-electron chi connectivity index (χ0n) is 18.9. The molecule has 5 heteroatoms. The number of nitrogens with one attached hydrogen (secondary N) is 1. The number of nitrogens with zero attached hydrogens (tertiary/aromatic N) is 2. The molecule has 5 nitrogen and oxygen atoms in total. The molecule has 0 saturated carbocycles. The van der Waals surface area contributed by atoms with Gasteiger partial charge in [-0.15, -0.1) is 0 Å². The molecule has 0 aliphatic heterocycles. The fourth-order valence-electron chi connectivity index (χ4n) is 4.02. The van der Waals surface area contributed by atoms with Crippen molar-refractivity contribution in [3.63, 3.8) is 0 Å². The maximum Gasteiger partial charge on any atom is 0.251 e. The van der Waals surface area contributed by atoms with Gasteiger partial charge in [0.15, 0.2) is 0 Å². The van der Waals surface area contributed by atoms with Gasteiger partial charge in [-0.25, -0.2) is 4.98 Å². The first-order valence-corrected chi connectivity index (χ1v) is 11.0. The van der Waals surface area contributed by atoms with E-state index in [1.807, 2.05) is 49.4 Å². The average Bonchev–Trinajstić information content (AvgIpc) is 3.12. The Morgan fingerprint density at radius 3 is 2.47 bits per heavy atom. The van der Waals surface area contributed by atoms with Gasteiger partial charge < -0.3 is 14.6 Å². The minimum absolute atomic E-state index is 0.0835. The SMILES string of the molecule is Cc1cc(C)cc(OCCCn2c(CNC(=O)c3ccccc3C)nc3ccccc32)c1. The van der Waals surface area contributed by atoms with Gasteiger partial charge in [-0.1, -0.05) is 36.4 Å². The van der Waals surface area contributed by atoms with Gasteiger partial charge in [0.05, 0.1) is 24.2 Å². The Balaban J connectivity index is 1.44. The van der Waals surface area contributed by atoms with Crippen molar-refractivity contribution in [1.29, 1.82) is 0 Å². The van der Waals surface area contributed by atoms with Gasteiger partial charge in [0.1, 0.15) is 11.6 Å². The van der Waals surface area contributed by atoms with E-state index in [0.717, 1.165) is 41.1 Å². The molecule has 164 valence electrons. The Kier molecular flexibility index (Phi) is 6.55. The van der Waals surface area contributed by atoms with Crippen LogP contribution in [-0.4, -0.2) is 22.1 Å². The maximum absolute atomic E-state index is 12.7. The van der Waals surface area contributed by atoms with Crippen LogP contribution in [-0.2, 0) is 13.1 Å². The van der Waals surface area contributed by atoms with Crippen molar-refractivity contribution in [2.75, 3.05) is 6.61 Å². The minimum atomic E-state index is -0.0835. The summed E-state index contributed by atoms with van der Waals surface area (Å²) in [4.78, 5) is 17.4. The average molecular weight is 428 g/mol. The van der Waals surface area contributed by atoms with Crippen LogP contribution in [0.25, 0.3) is 11.0 Å². The number of aromatic nitrogens is 2. The summed E-state index contributed by atoms with van der Waals surface area (Å²) in [5, 5.41) is 3.03. The van der Waals surface area contributed by atoms with Crippen LogP contribution in [0.2, 0.25) is 0 Å². The highest BCUT2D eigenvalue weighted by Gasteiger charge is 2.13. The van der Waals surface area contributed by atoms with Crippen molar-refractivity contribution in [1.82, 2.24) is 14.9 Å². The molecule has 1 aromatic heterocycles. The van der Waals surface area contributed by atoms with Gasteiger partial charge in [-0.2, -0.15) is 0 Å². The molecule has 0 bridgehead atoms. The highest BCUT2D eigenvalue weighted by atomic mass is 16.5. The monoisotopic (exact) mass is 427 g/mol. The molecule has 1 N–H and O–H groups in total. The Hall–Kier alpha value is -3.60. The molecule has 3 aromatic carbocycles. The number of carbonyl (C=O) groups excluding carboxylic acids is 1. The highest BCUT2D eigenvalue weighted by molar-refractivity contribution is 5.95. The number of hydrogen-bond acceptors (Lipinski definition) is 3. The van der Waals surface area contributed by atoms with Crippen LogP contribution in [0, 0.1) is 20.8 Å². The first-order chi connectivity index (χ1) is 15.5. The molecule has 1 amide bonds. The van der Waals surface area contributed by atoms with E-state index in [9.17, 15) is 4.79 Å². The fourth-order valence-corrected chi connectivity index (χ4v) is 4.02. The van der Waals surface area contributed by atoms with Gasteiger partial charge in [-0.3, -0.25) is 4.79 Å². The summed E-state index contributed by atoms with van der Waals surface area (Å²) in [6.45, 7) is 7.86. The zero-order chi connectivity index (χ0) is 22.5. The molecule has 0 aliphatic rings. The van der Waals surface area contributed by atoms with Crippen molar-refractivity contribution in [3.8, 4) is 5.75 Å². The minimum Gasteiger partial charge on any atom is -0.494 e. The molecule has 1 heterocycles.